The first-order valence-electron chi connectivity index (χ1n) is 17.1. The Kier molecular flexibility index (Phi) is 13.9. The molecule has 0 unspecified atom stereocenters. The fourth-order valence-electron chi connectivity index (χ4n) is 6.25. The number of unbranched alkanes of at least 4 members (excludes halogenated alkanes) is 2. The Morgan fingerprint density at radius 3 is 1.49 bits per heavy atom. The molecular formula is C39H48ClF2N5. The van der Waals surface area contributed by atoms with Crippen LogP contribution in [0.3, 0.4) is 0 Å². The van der Waals surface area contributed by atoms with Crippen LogP contribution >= 0.6 is 11.6 Å². The smallest absolute Gasteiger partial charge is 0.128 e. The Bertz CT molecular complexity index is 1420. The van der Waals surface area contributed by atoms with Gasteiger partial charge in [-0.25, -0.2) is 13.8 Å². The van der Waals surface area contributed by atoms with Gasteiger partial charge in [0, 0.05) is 69.3 Å². The van der Waals surface area contributed by atoms with Crippen LogP contribution in [0.25, 0.3) is 0 Å². The van der Waals surface area contributed by atoms with Crippen molar-refractivity contribution in [3.8, 4) is 0 Å². The summed E-state index contributed by atoms with van der Waals surface area (Å²) in [7, 11) is 0. The maximum Gasteiger partial charge on any atom is 0.128 e. The van der Waals surface area contributed by atoms with Gasteiger partial charge in [-0.2, -0.15) is 0 Å². The molecule has 0 N–H and O–H groups in total. The van der Waals surface area contributed by atoms with Gasteiger partial charge in [-0.05, 0) is 123 Å². The van der Waals surface area contributed by atoms with E-state index in [9.17, 15) is 8.78 Å². The summed E-state index contributed by atoms with van der Waals surface area (Å²) in [4.78, 5) is 14.3. The van der Waals surface area contributed by atoms with Crippen molar-refractivity contribution in [3.05, 3.63) is 125 Å². The molecule has 0 atom stereocenters. The molecule has 6 rings (SSSR count). The number of anilines is 2. The van der Waals surface area contributed by atoms with Crippen molar-refractivity contribution < 1.29 is 8.78 Å². The maximum atomic E-state index is 12.9. The first-order valence-corrected chi connectivity index (χ1v) is 17.5. The third-order valence-corrected chi connectivity index (χ3v) is 9.37. The fraction of sp³-hybridized carbons (Fsp3) is 0.410. The number of halogens is 3. The SMILES string of the molecule is Fc1ccc(CCCCN2CCN(c3ccc(Cl)cc3)CC2)cc1.Fc1ccc(CCCCN2CCN(c3ccccn3)CC2)cc1. The number of hydrogen-bond acceptors (Lipinski definition) is 5. The maximum absolute atomic E-state index is 12.9. The number of aryl methyl sites for hydroxylation is 2. The second-order valence-electron chi connectivity index (χ2n) is 12.5. The summed E-state index contributed by atoms with van der Waals surface area (Å²) in [5.74, 6) is 0.778. The molecule has 0 bridgehead atoms. The van der Waals surface area contributed by atoms with Crippen molar-refractivity contribution in [2.45, 2.75) is 38.5 Å². The predicted octanol–water partition coefficient (Wildman–Crippen LogP) is 7.99. The number of nitrogens with zero attached hydrogens (tertiary/aromatic N) is 5. The Balaban J connectivity index is 0.000000185. The van der Waals surface area contributed by atoms with Gasteiger partial charge in [-0.3, -0.25) is 9.80 Å². The monoisotopic (exact) mass is 659 g/mol. The normalized spacial score (nSPS) is 15.7. The summed E-state index contributed by atoms with van der Waals surface area (Å²) < 4.78 is 25.7. The molecule has 2 saturated heterocycles. The standard InChI is InChI=1S/C20H24ClFN2.C19H24FN3/c21-18-6-10-20(11-7-18)24-15-13-23(14-16-24)12-2-1-3-17-4-8-19(22)9-5-17;20-18-9-7-17(8-10-18)5-2-4-12-22-13-15-23(16-14-22)19-6-1-3-11-21-19/h4-11H,1-3,12-16H2;1,3,6-11H,2,4-5,12-16H2. The number of hydrogen-bond donors (Lipinski definition) is 0. The van der Waals surface area contributed by atoms with Crippen LogP contribution in [-0.2, 0) is 12.8 Å². The number of rotatable bonds is 12. The highest BCUT2D eigenvalue weighted by atomic mass is 35.5. The van der Waals surface area contributed by atoms with E-state index in [0.717, 1.165) is 102 Å². The van der Waals surface area contributed by atoms with Gasteiger partial charge in [0.05, 0.1) is 0 Å². The zero-order valence-electron chi connectivity index (χ0n) is 27.4. The molecule has 0 radical (unpaired) electrons. The summed E-state index contributed by atoms with van der Waals surface area (Å²) >= 11 is 5.95. The van der Waals surface area contributed by atoms with Crippen molar-refractivity contribution in [2.24, 2.45) is 0 Å². The minimum Gasteiger partial charge on any atom is -0.369 e. The van der Waals surface area contributed by atoms with E-state index in [2.05, 4.69) is 42.8 Å². The van der Waals surface area contributed by atoms with E-state index >= 15 is 0 Å². The summed E-state index contributed by atoms with van der Waals surface area (Å²) in [5.41, 5.74) is 3.71. The second-order valence-corrected chi connectivity index (χ2v) is 12.9. The quantitative estimate of drug-likeness (QED) is 0.144. The van der Waals surface area contributed by atoms with Crippen LogP contribution in [0.1, 0.15) is 36.8 Å². The third kappa shape index (κ3) is 11.9. The number of piperazine rings is 2. The van der Waals surface area contributed by atoms with E-state index in [0.29, 0.717) is 0 Å². The Morgan fingerprint density at radius 1 is 0.532 bits per heavy atom. The molecule has 1 aromatic heterocycles. The fourth-order valence-corrected chi connectivity index (χ4v) is 6.38. The first kappa shape index (κ1) is 34.8. The molecule has 2 fully saturated rings. The van der Waals surface area contributed by atoms with Crippen molar-refractivity contribution in [3.63, 3.8) is 0 Å². The van der Waals surface area contributed by atoms with Gasteiger partial charge in [0.1, 0.15) is 17.5 Å². The van der Waals surface area contributed by atoms with Crippen molar-refractivity contribution in [1.82, 2.24) is 14.8 Å². The van der Waals surface area contributed by atoms with Gasteiger partial charge in [0.25, 0.3) is 0 Å². The molecule has 0 saturated carbocycles. The molecule has 5 nitrogen and oxygen atoms in total. The third-order valence-electron chi connectivity index (χ3n) is 9.12. The summed E-state index contributed by atoms with van der Waals surface area (Å²) in [5, 5.41) is 0.790. The molecule has 47 heavy (non-hydrogen) atoms. The highest BCUT2D eigenvalue weighted by molar-refractivity contribution is 6.30. The zero-order chi connectivity index (χ0) is 32.7. The van der Waals surface area contributed by atoms with Crippen LogP contribution in [0.2, 0.25) is 5.02 Å². The Hall–Kier alpha value is -3.52. The molecule has 0 amide bonds. The Morgan fingerprint density at radius 2 is 1.02 bits per heavy atom. The lowest BCUT2D eigenvalue weighted by molar-refractivity contribution is 0.252. The molecule has 4 aromatic rings. The van der Waals surface area contributed by atoms with E-state index in [-0.39, 0.29) is 11.6 Å². The summed E-state index contributed by atoms with van der Waals surface area (Å²) in [6.45, 7) is 11.0. The van der Waals surface area contributed by atoms with Gasteiger partial charge in [0.2, 0.25) is 0 Å². The van der Waals surface area contributed by atoms with Crippen LogP contribution in [-0.4, -0.2) is 80.2 Å². The second kappa shape index (κ2) is 18.7. The van der Waals surface area contributed by atoms with Crippen molar-refractivity contribution >= 4 is 23.1 Å². The van der Waals surface area contributed by atoms with Crippen molar-refractivity contribution in [2.75, 3.05) is 75.2 Å². The largest absolute Gasteiger partial charge is 0.369 e. The lowest BCUT2D eigenvalue weighted by atomic mass is 10.1. The van der Waals surface area contributed by atoms with E-state index in [4.69, 9.17) is 11.6 Å². The van der Waals surface area contributed by atoms with E-state index < -0.39 is 0 Å². The molecule has 2 aliphatic heterocycles. The molecule has 3 aromatic carbocycles. The number of aromatic nitrogens is 1. The molecule has 3 heterocycles. The molecule has 0 aliphatic carbocycles. The minimum atomic E-state index is -0.155. The van der Waals surface area contributed by atoms with Crippen LogP contribution in [0, 0.1) is 11.6 Å². The lowest BCUT2D eigenvalue weighted by Crippen LogP contribution is -2.46. The van der Waals surface area contributed by atoms with Crippen LogP contribution in [0.4, 0.5) is 20.3 Å². The van der Waals surface area contributed by atoms with Gasteiger partial charge < -0.3 is 9.80 Å². The molecule has 250 valence electrons. The summed E-state index contributed by atoms with van der Waals surface area (Å²) in [6.07, 6.45) is 8.63. The number of pyridine rings is 1. The topological polar surface area (TPSA) is 25.9 Å². The predicted molar refractivity (Wildman–Crippen MR) is 192 cm³/mol. The highest BCUT2D eigenvalue weighted by Crippen LogP contribution is 2.20. The van der Waals surface area contributed by atoms with Crippen LogP contribution < -0.4 is 9.80 Å². The summed E-state index contributed by atoms with van der Waals surface area (Å²) in [6, 6.07) is 27.9. The van der Waals surface area contributed by atoms with E-state index in [1.54, 1.807) is 24.3 Å². The average Bonchev–Trinajstić information content (AvgIpc) is 3.12. The van der Waals surface area contributed by atoms with Crippen molar-refractivity contribution in [1.29, 1.82) is 0 Å². The Labute approximate surface area is 284 Å². The van der Waals surface area contributed by atoms with Gasteiger partial charge in [-0.1, -0.05) is 41.9 Å². The lowest BCUT2D eigenvalue weighted by Gasteiger charge is -2.36. The zero-order valence-corrected chi connectivity index (χ0v) is 28.2. The van der Waals surface area contributed by atoms with E-state index in [1.165, 1.54) is 29.7 Å². The molecule has 0 spiro atoms. The first-order chi connectivity index (χ1) is 23.0. The van der Waals surface area contributed by atoms with E-state index in [1.807, 2.05) is 54.7 Å². The average molecular weight is 660 g/mol. The molecule has 2 aliphatic rings. The molecular weight excluding hydrogens is 612 g/mol. The van der Waals surface area contributed by atoms with Crippen LogP contribution in [0.5, 0.6) is 0 Å². The van der Waals surface area contributed by atoms with Gasteiger partial charge in [-0.15, -0.1) is 0 Å². The highest BCUT2D eigenvalue weighted by Gasteiger charge is 2.18. The van der Waals surface area contributed by atoms with Gasteiger partial charge >= 0.3 is 0 Å². The van der Waals surface area contributed by atoms with Gasteiger partial charge in [0.15, 0.2) is 0 Å². The molecule has 8 heteroatoms. The minimum absolute atomic E-state index is 0.153. The van der Waals surface area contributed by atoms with Crippen LogP contribution in [0.15, 0.2) is 97.2 Å². The number of benzene rings is 3.